The summed E-state index contributed by atoms with van der Waals surface area (Å²) in [6.07, 6.45) is 8.26. The largest absolute Gasteiger partial charge is 0.249 e. The van der Waals surface area contributed by atoms with Crippen LogP contribution in [0.1, 0.15) is 52.1 Å². The van der Waals surface area contributed by atoms with E-state index in [0.717, 1.165) is 13.0 Å². The quantitative estimate of drug-likeness (QED) is 0.646. The SMILES string of the molecule is CCCCCCc1cnnn1CC(C)C. The van der Waals surface area contributed by atoms with E-state index >= 15 is 0 Å². The summed E-state index contributed by atoms with van der Waals surface area (Å²) in [5.74, 6) is 0.640. The Bertz CT molecular complexity index is 266. The van der Waals surface area contributed by atoms with Crippen molar-refractivity contribution in [2.75, 3.05) is 0 Å². The summed E-state index contributed by atoms with van der Waals surface area (Å²) >= 11 is 0. The molecule has 1 rings (SSSR count). The maximum absolute atomic E-state index is 4.12. The molecule has 1 aromatic rings. The zero-order valence-corrected chi connectivity index (χ0v) is 10.2. The summed E-state index contributed by atoms with van der Waals surface area (Å²) in [4.78, 5) is 0. The third-order valence-electron chi connectivity index (χ3n) is 2.52. The molecule has 0 unspecified atom stereocenters. The monoisotopic (exact) mass is 209 g/mol. The lowest BCUT2D eigenvalue weighted by Crippen LogP contribution is -2.09. The molecule has 0 aliphatic rings. The van der Waals surface area contributed by atoms with Crippen LogP contribution >= 0.6 is 0 Å². The number of nitrogens with zero attached hydrogens (tertiary/aromatic N) is 3. The second-order valence-corrected chi connectivity index (χ2v) is 4.61. The van der Waals surface area contributed by atoms with Crippen LogP contribution in [0.2, 0.25) is 0 Å². The van der Waals surface area contributed by atoms with Crippen molar-refractivity contribution in [2.45, 2.75) is 59.4 Å². The van der Waals surface area contributed by atoms with E-state index in [4.69, 9.17) is 0 Å². The Kier molecular flexibility index (Phi) is 5.37. The molecule has 0 amide bonds. The first-order valence-electron chi connectivity index (χ1n) is 6.11. The van der Waals surface area contributed by atoms with E-state index in [9.17, 15) is 0 Å². The van der Waals surface area contributed by atoms with E-state index in [-0.39, 0.29) is 0 Å². The number of aromatic nitrogens is 3. The molecule has 1 aromatic heterocycles. The predicted molar refractivity (Wildman–Crippen MR) is 62.7 cm³/mol. The molecule has 0 radical (unpaired) electrons. The highest BCUT2D eigenvalue weighted by Gasteiger charge is 2.04. The number of unbranched alkanes of at least 4 members (excludes halogenated alkanes) is 3. The Morgan fingerprint density at radius 2 is 2.07 bits per heavy atom. The molecule has 86 valence electrons. The average molecular weight is 209 g/mol. The summed E-state index contributed by atoms with van der Waals surface area (Å²) in [5.41, 5.74) is 1.29. The summed E-state index contributed by atoms with van der Waals surface area (Å²) in [5, 5.41) is 8.11. The van der Waals surface area contributed by atoms with Gasteiger partial charge in [-0.3, -0.25) is 0 Å². The molecule has 0 aliphatic carbocycles. The lowest BCUT2D eigenvalue weighted by Gasteiger charge is -2.08. The van der Waals surface area contributed by atoms with Crippen LogP contribution in [0.5, 0.6) is 0 Å². The van der Waals surface area contributed by atoms with Crippen molar-refractivity contribution < 1.29 is 0 Å². The highest BCUT2D eigenvalue weighted by Crippen LogP contribution is 2.08. The minimum Gasteiger partial charge on any atom is -0.249 e. The Labute approximate surface area is 92.9 Å². The maximum atomic E-state index is 4.12. The van der Waals surface area contributed by atoms with Gasteiger partial charge < -0.3 is 0 Å². The van der Waals surface area contributed by atoms with Gasteiger partial charge in [-0.1, -0.05) is 45.2 Å². The molecule has 0 aliphatic heterocycles. The zero-order chi connectivity index (χ0) is 11.1. The number of hydrogen-bond acceptors (Lipinski definition) is 2. The number of rotatable bonds is 7. The minimum atomic E-state index is 0.640. The van der Waals surface area contributed by atoms with Gasteiger partial charge in [-0.05, 0) is 18.8 Å². The summed E-state index contributed by atoms with van der Waals surface area (Å²) < 4.78 is 2.05. The third kappa shape index (κ3) is 4.45. The normalized spacial score (nSPS) is 11.2. The summed E-state index contributed by atoms with van der Waals surface area (Å²) in [7, 11) is 0. The van der Waals surface area contributed by atoms with Gasteiger partial charge in [0.25, 0.3) is 0 Å². The van der Waals surface area contributed by atoms with Crippen molar-refractivity contribution >= 4 is 0 Å². The topological polar surface area (TPSA) is 30.7 Å². The van der Waals surface area contributed by atoms with Crippen molar-refractivity contribution in [3.8, 4) is 0 Å². The fraction of sp³-hybridized carbons (Fsp3) is 0.833. The highest BCUT2D eigenvalue weighted by molar-refractivity contribution is 4.94. The second-order valence-electron chi connectivity index (χ2n) is 4.61. The third-order valence-corrected chi connectivity index (χ3v) is 2.52. The van der Waals surface area contributed by atoms with Crippen LogP contribution in [0, 0.1) is 5.92 Å². The van der Waals surface area contributed by atoms with Crippen molar-refractivity contribution in [3.05, 3.63) is 11.9 Å². The van der Waals surface area contributed by atoms with Gasteiger partial charge in [0.2, 0.25) is 0 Å². The molecule has 0 bridgehead atoms. The van der Waals surface area contributed by atoms with Crippen LogP contribution in [0.25, 0.3) is 0 Å². The van der Waals surface area contributed by atoms with Gasteiger partial charge in [-0.15, -0.1) is 5.10 Å². The highest BCUT2D eigenvalue weighted by atomic mass is 15.4. The summed E-state index contributed by atoms with van der Waals surface area (Å²) in [6, 6.07) is 0. The lowest BCUT2D eigenvalue weighted by atomic mass is 10.1. The van der Waals surface area contributed by atoms with Crippen LogP contribution in [0.4, 0.5) is 0 Å². The molecule has 0 saturated heterocycles. The molecular weight excluding hydrogens is 186 g/mol. The Morgan fingerprint density at radius 3 is 2.73 bits per heavy atom. The van der Waals surface area contributed by atoms with Crippen LogP contribution in [-0.2, 0) is 13.0 Å². The van der Waals surface area contributed by atoms with E-state index in [1.54, 1.807) is 0 Å². The molecule has 0 saturated carbocycles. The molecule has 1 heterocycles. The lowest BCUT2D eigenvalue weighted by molar-refractivity contribution is 0.455. The zero-order valence-electron chi connectivity index (χ0n) is 10.2. The molecule has 15 heavy (non-hydrogen) atoms. The van der Waals surface area contributed by atoms with Gasteiger partial charge in [0.15, 0.2) is 0 Å². The molecule has 3 nitrogen and oxygen atoms in total. The van der Waals surface area contributed by atoms with Gasteiger partial charge in [0, 0.05) is 6.54 Å². The molecule has 0 aromatic carbocycles. The first-order chi connectivity index (χ1) is 7.24. The first kappa shape index (κ1) is 12.2. The molecule has 3 heteroatoms. The van der Waals surface area contributed by atoms with E-state index in [0.29, 0.717) is 5.92 Å². The van der Waals surface area contributed by atoms with Gasteiger partial charge >= 0.3 is 0 Å². The first-order valence-corrected chi connectivity index (χ1v) is 6.11. The van der Waals surface area contributed by atoms with Crippen molar-refractivity contribution in [1.29, 1.82) is 0 Å². The minimum absolute atomic E-state index is 0.640. The predicted octanol–water partition coefficient (Wildman–Crippen LogP) is 3.06. The molecule has 0 atom stereocenters. The van der Waals surface area contributed by atoms with Gasteiger partial charge in [0.1, 0.15) is 0 Å². The van der Waals surface area contributed by atoms with E-state index in [1.807, 2.05) is 6.20 Å². The summed E-state index contributed by atoms with van der Waals surface area (Å²) in [6.45, 7) is 7.65. The maximum Gasteiger partial charge on any atom is 0.0725 e. The average Bonchev–Trinajstić information content (AvgIpc) is 2.59. The van der Waals surface area contributed by atoms with Gasteiger partial charge in [-0.25, -0.2) is 4.68 Å². The Morgan fingerprint density at radius 1 is 1.27 bits per heavy atom. The van der Waals surface area contributed by atoms with Crippen LogP contribution in [0.3, 0.4) is 0 Å². The van der Waals surface area contributed by atoms with Crippen molar-refractivity contribution in [1.82, 2.24) is 15.0 Å². The molecule has 0 fully saturated rings. The van der Waals surface area contributed by atoms with Crippen molar-refractivity contribution in [3.63, 3.8) is 0 Å². The number of aryl methyl sites for hydroxylation is 1. The fourth-order valence-electron chi connectivity index (χ4n) is 1.71. The van der Waals surface area contributed by atoms with Crippen LogP contribution in [-0.4, -0.2) is 15.0 Å². The Balaban J connectivity index is 2.36. The van der Waals surface area contributed by atoms with E-state index < -0.39 is 0 Å². The second kappa shape index (κ2) is 6.59. The smallest absolute Gasteiger partial charge is 0.0725 e. The molecule has 0 N–H and O–H groups in total. The number of hydrogen-bond donors (Lipinski definition) is 0. The van der Waals surface area contributed by atoms with Gasteiger partial charge in [-0.2, -0.15) is 0 Å². The van der Waals surface area contributed by atoms with Gasteiger partial charge in [0.05, 0.1) is 11.9 Å². The van der Waals surface area contributed by atoms with E-state index in [2.05, 4.69) is 35.8 Å². The van der Waals surface area contributed by atoms with Crippen molar-refractivity contribution in [2.24, 2.45) is 5.92 Å². The van der Waals surface area contributed by atoms with Crippen LogP contribution < -0.4 is 0 Å². The molecule has 0 spiro atoms. The van der Waals surface area contributed by atoms with E-state index in [1.165, 1.54) is 31.4 Å². The molecular formula is C12H23N3. The Hall–Kier alpha value is -0.860. The standard InChI is InChI=1S/C12H23N3/c1-4-5-6-7-8-12-9-13-14-15(12)10-11(2)3/h9,11H,4-8,10H2,1-3H3. The van der Waals surface area contributed by atoms with Crippen LogP contribution in [0.15, 0.2) is 6.20 Å². The fourth-order valence-corrected chi connectivity index (χ4v) is 1.71.